The summed E-state index contributed by atoms with van der Waals surface area (Å²) in [7, 11) is 0. The molecule has 32 heavy (non-hydrogen) atoms. The molecule has 0 spiro atoms. The van der Waals surface area contributed by atoms with Gasteiger partial charge in [-0.3, -0.25) is 14.3 Å². The number of aromatic nitrogens is 4. The summed E-state index contributed by atoms with van der Waals surface area (Å²) in [6.07, 6.45) is 6.79. The lowest BCUT2D eigenvalue weighted by Crippen LogP contribution is -2.36. The quantitative estimate of drug-likeness (QED) is 0.545. The number of benzene rings is 1. The van der Waals surface area contributed by atoms with Crippen molar-refractivity contribution in [2.75, 3.05) is 11.9 Å². The Kier molecular flexibility index (Phi) is 4.14. The summed E-state index contributed by atoms with van der Waals surface area (Å²) in [6.45, 7) is 3.52. The van der Waals surface area contributed by atoms with Gasteiger partial charge in [-0.2, -0.15) is 5.10 Å². The Morgan fingerprint density at radius 2 is 1.94 bits per heavy atom. The van der Waals surface area contributed by atoms with Crippen molar-refractivity contribution in [2.45, 2.75) is 32.9 Å². The first-order chi connectivity index (χ1) is 15.5. The third-order valence-electron chi connectivity index (χ3n) is 6.31. The molecule has 2 aliphatic rings. The fraction of sp³-hybridized carbons (Fsp3) is 0.250. The molecular weight excluding hydrogens is 404 g/mol. The molecule has 0 radical (unpaired) electrons. The number of amides is 1. The van der Waals surface area contributed by atoms with Crippen molar-refractivity contribution in [3.05, 3.63) is 65.7 Å². The number of anilines is 2. The molecule has 1 N–H and O–H groups in total. The van der Waals surface area contributed by atoms with Crippen molar-refractivity contribution in [1.29, 1.82) is 0 Å². The van der Waals surface area contributed by atoms with Gasteiger partial charge in [-0.1, -0.05) is 18.2 Å². The zero-order valence-corrected chi connectivity index (χ0v) is 17.7. The van der Waals surface area contributed by atoms with Crippen LogP contribution >= 0.6 is 0 Å². The highest BCUT2D eigenvalue weighted by molar-refractivity contribution is 5.89. The molecule has 1 aromatic carbocycles. The van der Waals surface area contributed by atoms with Gasteiger partial charge in [-0.25, -0.2) is 4.98 Å². The maximum atomic E-state index is 11.8. The van der Waals surface area contributed by atoms with Crippen LogP contribution in [0.4, 0.5) is 11.5 Å². The molecule has 8 nitrogen and oxygen atoms in total. The van der Waals surface area contributed by atoms with Gasteiger partial charge in [0.05, 0.1) is 24.5 Å². The Morgan fingerprint density at radius 1 is 1.06 bits per heavy atom. The van der Waals surface area contributed by atoms with Crippen LogP contribution in [0.5, 0.6) is 0 Å². The monoisotopic (exact) mass is 426 g/mol. The molecule has 1 aliphatic heterocycles. The van der Waals surface area contributed by atoms with Crippen LogP contribution in [-0.2, 0) is 35.5 Å². The van der Waals surface area contributed by atoms with Gasteiger partial charge < -0.3 is 14.6 Å². The average Bonchev–Trinajstić information content (AvgIpc) is 3.49. The second kappa shape index (κ2) is 7.05. The molecular formula is C24H22N6O2. The van der Waals surface area contributed by atoms with Crippen LogP contribution in [0.3, 0.4) is 0 Å². The van der Waals surface area contributed by atoms with Crippen LogP contribution in [0, 0.1) is 0 Å². The van der Waals surface area contributed by atoms with E-state index in [-0.39, 0.29) is 11.7 Å². The fourth-order valence-corrected chi connectivity index (χ4v) is 4.65. The van der Waals surface area contributed by atoms with E-state index in [4.69, 9.17) is 0 Å². The molecule has 4 heterocycles. The van der Waals surface area contributed by atoms with Gasteiger partial charge in [0, 0.05) is 56.5 Å². The van der Waals surface area contributed by atoms with Gasteiger partial charge >= 0.3 is 0 Å². The molecule has 160 valence electrons. The first kappa shape index (κ1) is 18.8. The van der Waals surface area contributed by atoms with E-state index in [1.165, 1.54) is 0 Å². The zero-order valence-electron chi connectivity index (χ0n) is 17.7. The van der Waals surface area contributed by atoms with Crippen LogP contribution in [0.25, 0.3) is 16.8 Å². The Balaban J connectivity index is 1.36. The highest BCUT2D eigenvalue weighted by Crippen LogP contribution is 2.31. The number of nitrogens with zero attached hydrogens (tertiary/aromatic N) is 5. The molecule has 1 amide bonds. The number of pyridine rings is 1. The number of rotatable bonds is 3. The lowest BCUT2D eigenvalue weighted by Gasteiger charge is -2.26. The number of imidazole rings is 1. The Hall–Kier alpha value is -3.94. The summed E-state index contributed by atoms with van der Waals surface area (Å²) in [5, 5.41) is 8.11. The molecule has 0 bridgehead atoms. The van der Waals surface area contributed by atoms with Crippen molar-refractivity contribution in [3.8, 4) is 11.1 Å². The fourth-order valence-electron chi connectivity index (χ4n) is 4.65. The van der Waals surface area contributed by atoms with Crippen molar-refractivity contribution >= 4 is 28.8 Å². The Bertz CT molecular complexity index is 1400. The van der Waals surface area contributed by atoms with Gasteiger partial charge in [-0.15, -0.1) is 0 Å². The predicted molar refractivity (Wildman–Crippen MR) is 120 cm³/mol. The topological polar surface area (TPSA) is 84.5 Å². The van der Waals surface area contributed by atoms with E-state index in [9.17, 15) is 9.59 Å². The number of ketones is 1. The number of hydrogen-bond acceptors (Lipinski definition) is 5. The number of carbonyl (C=O) groups is 2. The molecule has 6 rings (SSSR count). The minimum absolute atomic E-state index is 0.0785. The van der Waals surface area contributed by atoms with E-state index in [0.717, 1.165) is 45.1 Å². The van der Waals surface area contributed by atoms with Crippen molar-refractivity contribution in [3.63, 3.8) is 0 Å². The number of fused-ring (bicyclic) bond motifs is 3. The van der Waals surface area contributed by atoms with Gasteiger partial charge in [0.15, 0.2) is 11.5 Å². The minimum atomic E-state index is 0.0785. The second-order valence-electron chi connectivity index (χ2n) is 8.49. The number of hydrogen-bond donors (Lipinski definition) is 1. The van der Waals surface area contributed by atoms with Crippen LogP contribution < -0.4 is 5.32 Å². The number of carbonyl (C=O) groups excluding carboxylic acids is 2. The highest BCUT2D eigenvalue weighted by atomic mass is 16.2. The maximum absolute atomic E-state index is 11.8. The Morgan fingerprint density at radius 3 is 2.81 bits per heavy atom. The SMILES string of the molecule is CC(=O)N1CCn2nc(Nc3cc(-c4ccc5c(c4)CC(=O)C5)cn4ccnc34)cc2C1. The van der Waals surface area contributed by atoms with Crippen LogP contribution in [0.15, 0.2) is 48.9 Å². The molecule has 4 aromatic rings. The van der Waals surface area contributed by atoms with E-state index < -0.39 is 0 Å². The van der Waals surface area contributed by atoms with Gasteiger partial charge in [-0.05, 0) is 22.8 Å². The van der Waals surface area contributed by atoms with E-state index in [1.807, 2.05) is 26.2 Å². The lowest BCUT2D eigenvalue weighted by atomic mass is 10.0. The third kappa shape index (κ3) is 3.15. The minimum Gasteiger partial charge on any atom is -0.336 e. The van der Waals surface area contributed by atoms with Crippen LogP contribution in [0.2, 0.25) is 0 Å². The van der Waals surface area contributed by atoms with Crippen molar-refractivity contribution < 1.29 is 9.59 Å². The van der Waals surface area contributed by atoms with Crippen LogP contribution in [-0.4, -0.2) is 42.3 Å². The van der Waals surface area contributed by atoms with Crippen LogP contribution in [0.1, 0.15) is 23.7 Å². The standard InChI is InChI=1S/C24H22N6O2/c1-15(31)28-6-7-30-20(14-28)12-23(27-30)26-22-11-19(13-29-5-4-25-24(22)29)16-2-3-17-9-21(32)10-18(17)8-16/h2-5,8,11-13H,6-7,9-10,14H2,1H3,(H,26,27). The van der Waals surface area contributed by atoms with Crippen molar-refractivity contribution in [2.24, 2.45) is 0 Å². The Labute approximate surface area is 184 Å². The third-order valence-corrected chi connectivity index (χ3v) is 6.31. The molecule has 3 aromatic heterocycles. The predicted octanol–water partition coefficient (Wildman–Crippen LogP) is 2.97. The number of Topliss-reactive ketones (excluding diaryl/α,β-unsaturated/α-hetero) is 1. The molecule has 0 fully saturated rings. The van der Waals surface area contributed by atoms with Crippen molar-refractivity contribution in [1.82, 2.24) is 24.1 Å². The zero-order chi connectivity index (χ0) is 21.8. The first-order valence-electron chi connectivity index (χ1n) is 10.7. The largest absolute Gasteiger partial charge is 0.336 e. The summed E-state index contributed by atoms with van der Waals surface area (Å²) in [6, 6.07) is 10.3. The molecule has 0 saturated carbocycles. The normalized spacial score (nSPS) is 15.2. The second-order valence-corrected chi connectivity index (χ2v) is 8.49. The van der Waals surface area contributed by atoms with Gasteiger partial charge in [0.1, 0.15) is 5.78 Å². The summed E-state index contributed by atoms with van der Waals surface area (Å²) in [5.41, 5.74) is 7.01. The van der Waals surface area contributed by atoms with E-state index >= 15 is 0 Å². The first-order valence-corrected chi connectivity index (χ1v) is 10.7. The van der Waals surface area contributed by atoms with Gasteiger partial charge in [0.2, 0.25) is 5.91 Å². The molecule has 0 atom stereocenters. The average molecular weight is 426 g/mol. The summed E-state index contributed by atoms with van der Waals surface area (Å²) >= 11 is 0. The summed E-state index contributed by atoms with van der Waals surface area (Å²) in [4.78, 5) is 29.9. The maximum Gasteiger partial charge on any atom is 0.219 e. The smallest absolute Gasteiger partial charge is 0.219 e. The van der Waals surface area contributed by atoms with Gasteiger partial charge in [0.25, 0.3) is 0 Å². The molecule has 1 aliphatic carbocycles. The highest BCUT2D eigenvalue weighted by Gasteiger charge is 2.21. The lowest BCUT2D eigenvalue weighted by molar-refractivity contribution is -0.130. The van der Waals surface area contributed by atoms with E-state index in [2.05, 4.69) is 45.9 Å². The molecule has 0 unspecified atom stereocenters. The van der Waals surface area contributed by atoms with E-state index in [1.54, 1.807) is 13.1 Å². The number of nitrogens with one attached hydrogen (secondary N) is 1. The van der Waals surface area contributed by atoms with E-state index in [0.29, 0.717) is 32.5 Å². The summed E-state index contributed by atoms with van der Waals surface area (Å²) in [5.74, 6) is 1.08. The molecule has 0 saturated heterocycles. The summed E-state index contributed by atoms with van der Waals surface area (Å²) < 4.78 is 3.94. The molecule has 8 heteroatoms.